The molecule has 0 aromatic carbocycles. The lowest BCUT2D eigenvalue weighted by molar-refractivity contribution is -0.138. The van der Waals surface area contributed by atoms with E-state index >= 15 is 0 Å². The van der Waals surface area contributed by atoms with Crippen LogP contribution in [0.2, 0.25) is 0 Å². The van der Waals surface area contributed by atoms with Gasteiger partial charge in [0.1, 0.15) is 6.04 Å². The second-order valence-corrected chi connectivity index (χ2v) is 6.24. The van der Waals surface area contributed by atoms with Crippen molar-refractivity contribution in [2.75, 3.05) is 44.3 Å². The normalized spacial score (nSPS) is 25.2. The van der Waals surface area contributed by atoms with Crippen LogP contribution in [-0.4, -0.2) is 66.4 Å². The zero-order chi connectivity index (χ0) is 14.8. The van der Waals surface area contributed by atoms with E-state index in [1.165, 1.54) is 11.3 Å². The number of anilines is 1. The monoisotopic (exact) mass is 312 g/mol. The van der Waals surface area contributed by atoms with Gasteiger partial charge in [-0.05, 0) is 6.42 Å². The molecule has 2 atom stereocenters. The average molecular weight is 312 g/mol. The molecule has 2 fully saturated rings. The van der Waals surface area contributed by atoms with Crippen molar-refractivity contribution in [1.29, 1.82) is 0 Å². The van der Waals surface area contributed by atoms with Crippen LogP contribution in [0.25, 0.3) is 0 Å². The maximum absolute atomic E-state index is 10.9. The van der Waals surface area contributed by atoms with E-state index in [0.29, 0.717) is 11.7 Å². The molecule has 1 aromatic rings. The molecule has 3 rings (SSSR count). The van der Waals surface area contributed by atoms with Crippen molar-refractivity contribution in [2.24, 2.45) is 5.73 Å². The number of rotatable bonds is 4. The highest BCUT2D eigenvalue weighted by Crippen LogP contribution is 2.28. The Morgan fingerprint density at radius 3 is 2.95 bits per heavy atom. The largest absolute Gasteiger partial charge is 0.480 e. The lowest BCUT2D eigenvalue weighted by Crippen LogP contribution is -2.44. The van der Waals surface area contributed by atoms with Gasteiger partial charge in [-0.1, -0.05) is 0 Å². The van der Waals surface area contributed by atoms with Crippen LogP contribution < -0.4 is 10.6 Å². The Kier molecular flexibility index (Phi) is 4.39. The first-order chi connectivity index (χ1) is 10.1. The van der Waals surface area contributed by atoms with Crippen LogP contribution in [0.1, 0.15) is 18.2 Å². The van der Waals surface area contributed by atoms with E-state index in [1.807, 2.05) is 0 Å². The molecule has 7 nitrogen and oxygen atoms in total. The molecule has 0 saturated carbocycles. The molecule has 2 aliphatic rings. The quantitative estimate of drug-likeness (QED) is 0.817. The fraction of sp³-hybridized carbons (Fsp3) is 0.692. The zero-order valence-corrected chi connectivity index (χ0v) is 12.6. The van der Waals surface area contributed by atoms with Crippen molar-refractivity contribution in [2.45, 2.75) is 18.5 Å². The molecule has 116 valence electrons. The average Bonchev–Trinajstić information content (AvgIpc) is 3.16. The molecule has 3 N–H and O–H groups in total. The molecular weight excluding hydrogens is 292 g/mol. The number of nitrogens with zero attached hydrogens (tertiary/aromatic N) is 3. The summed E-state index contributed by atoms with van der Waals surface area (Å²) in [5, 5.41) is 11.5. The number of aromatic nitrogens is 1. The van der Waals surface area contributed by atoms with Crippen molar-refractivity contribution in [3.63, 3.8) is 0 Å². The van der Waals surface area contributed by atoms with Crippen LogP contribution in [0.5, 0.6) is 0 Å². The minimum atomic E-state index is -1.04. The molecule has 2 unspecified atom stereocenters. The van der Waals surface area contributed by atoms with Crippen molar-refractivity contribution in [1.82, 2.24) is 9.88 Å². The van der Waals surface area contributed by atoms with Gasteiger partial charge < -0.3 is 20.5 Å². The summed E-state index contributed by atoms with van der Waals surface area (Å²) >= 11 is 1.47. The third-order valence-corrected chi connectivity index (χ3v) is 5.01. The first-order valence-electron chi connectivity index (χ1n) is 7.15. The number of ether oxygens (including phenoxy) is 1. The number of thiazole rings is 1. The molecule has 2 aliphatic heterocycles. The van der Waals surface area contributed by atoms with Crippen LogP contribution in [0, 0.1) is 0 Å². The van der Waals surface area contributed by atoms with Crippen LogP contribution >= 0.6 is 11.3 Å². The Balaban J connectivity index is 1.62. The molecule has 0 radical (unpaired) electrons. The summed E-state index contributed by atoms with van der Waals surface area (Å²) in [6, 6.07) is -0.498. The topological polar surface area (TPSA) is 91.9 Å². The summed E-state index contributed by atoms with van der Waals surface area (Å²) in [4.78, 5) is 20.0. The van der Waals surface area contributed by atoms with Gasteiger partial charge in [-0.15, -0.1) is 11.3 Å². The van der Waals surface area contributed by atoms with Crippen molar-refractivity contribution >= 4 is 22.4 Å². The van der Waals surface area contributed by atoms with Gasteiger partial charge in [-0.3, -0.25) is 9.69 Å². The minimum Gasteiger partial charge on any atom is -0.480 e. The van der Waals surface area contributed by atoms with Gasteiger partial charge in [0.2, 0.25) is 0 Å². The van der Waals surface area contributed by atoms with Gasteiger partial charge in [-0.2, -0.15) is 0 Å². The number of hydrogen-bond acceptors (Lipinski definition) is 7. The maximum Gasteiger partial charge on any atom is 0.326 e. The molecule has 0 bridgehead atoms. The SMILES string of the molecule is NC(C(=O)O)c1csc(N2CCC(N3CCOCC3)C2)n1. The highest BCUT2D eigenvalue weighted by atomic mass is 32.1. The predicted octanol–water partition coefficient (Wildman–Crippen LogP) is 0.138. The van der Waals surface area contributed by atoms with Crippen LogP contribution in [0.15, 0.2) is 5.38 Å². The number of aliphatic carboxylic acids is 1. The molecule has 21 heavy (non-hydrogen) atoms. The molecule has 8 heteroatoms. The Bertz CT molecular complexity index is 503. The third-order valence-electron chi connectivity index (χ3n) is 4.09. The number of carbonyl (C=O) groups is 1. The molecule has 1 aromatic heterocycles. The lowest BCUT2D eigenvalue weighted by Gasteiger charge is -2.32. The van der Waals surface area contributed by atoms with E-state index < -0.39 is 12.0 Å². The lowest BCUT2D eigenvalue weighted by atomic mass is 10.2. The fourth-order valence-electron chi connectivity index (χ4n) is 2.85. The van der Waals surface area contributed by atoms with Crippen molar-refractivity contribution in [3.05, 3.63) is 11.1 Å². The van der Waals surface area contributed by atoms with E-state index in [2.05, 4.69) is 14.8 Å². The minimum absolute atomic E-state index is 0.442. The number of carboxylic acids is 1. The second kappa shape index (κ2) is 6.27. The van der Waals surface area contributed by atoms with Gasteiger partial charge in [0.15, 0.2) is 5.13 Å². The van der Waals surface area contributed by atoms with E-state index in [-0.39, 0.29) is 0 Å². The summed E-state index contributed by atoms with van der Waals surface area (Å²) in [6.07, 6.45) is 1.11. The summed E-state index contributed by atoms with van der Waals surface area (Å²) < 4.78 is 5.39. The summed E-state index contributed by atoms with van der Waals surface area (Å²) in [7, 11) is 0. The van der Waals surface area contributed by atoms with Gasteiger partial charge in [0.05, 0.1) is 18.9 Å². The molecule has 2 saturated heterocycles. The van der Waals surface area contributed by atoms with Crippen LogP contribution in [-0.2, 0) is 9.53 Å². The van der Waals surface area contributed by atoms with E-state index in [4.69, 9.17) is 15.6 Å². The molecular formula is C13H20N4O3S. The predicted molar refractivity (Wildman–Crippen MR) is 79.7 cm³/mol. The molecule has 0 spiro atoms. The Morgan fingerprint density at radius 1 is 1.48 bits per heavy atom. The van der Waals surface area contributed by atoms with Crippen LogP contribution in [0.3, 0.4) is 0 Å². The van der Waals surface area contributed by atoms with E-state index in [1.54, 1.807) is 5.38 Å². The Labute approximate surface area is 127 Å². The van der Waals surface area contributed by atoms with Gasteiger partial charge >= 0.3 is 5.97 Å². The Hall–Kier alpha value is -1.22. The third kappa shape index (κ3) is 3.18. The summed E-state index contributed by atoms with van der Waals surface area (Å²) in [6.45, 7) is 5.50. The van der Waals surface area contributed by atoms with Crippen molar-refractivity contribution in [3.8, 4) is 0 Å². The number of hydrogen-bond donors (Lipinski definition) is 2. The molecule has 0 aliphatic carbocycles. The first kappa shape index (κ1) is 14.7. The van der Waals surface area contributed by atoms with Gasteiger partial charge in [0, 0.05) is 37.6 Å². The van der Waals surface area contributed by atoms with E-state index in [0.717, 1.165) is 50.9 Å². The number of morpholine rings is 1. The molecule has 3 heterocycles. The summed E-state index contributed by atoms with van der Waals surface area (Å²) in [5.41, 5.74) is 6.04. The smallest absolute Gasteiger partial charge is 0.326 e. The summed E-state index contributed by atoms with van der Waals surface area (Å²) in [5.74, 6) is -1.04. The van der Waals surface area contributed by atoms with Gasteiger partial charge in [-0.25, -0.2) is 4.98 Å². The first-order valence-corrected chi connectivity index (χ1v) is 8.03. The van der Waals surface area contributed by atoms with Crippen molar-refractivity contribution < 1.29 is 14.6 Å². The van der Waals surface area contributed by atoms with Crippen LogP contribution in [0.4, 0.5) is 5.13 Å². The fourth-order valence-corrected chi connectivity index (χ4v) is 3.75. The highest BCUT2D eigenvalue weighted by molar-refractivity contribution is 7.13. The van der Waals surface area contributed by atoms with E-state index in [9.17, 15) is 4.79 Å². The zero-order valence-electron chi connectivity index (χ0n) is 11.8. The number of carboxylic acid groups (broad SMARTS) is 1. The maximum atomic E-state index is 10.9. The highest BCUT2D eigenvalue weighted by Gasteiger charge is 2.30. The second-order valence-electron chi connectivity index (χ2n) is 5.41. The van der Waals surface area contributed by atoms with Gasteiger partial charge in [0.25, 0.3) is 0 Å². The standard InChI is InChI=1S/C13H20N4O3S/c14-11(12(18)19)10-8-21-13(15-10)17-2-1-9(7-17)16-3-5-20-6-4-16/h8-9,11H,1-7,14H2,(H,18,19). The molecule has 0 amide bonds. The number of nitrogens with two attached hydrogens (primary N) is 1. The Morgan fingerprint density at radius 2 is 2.24 bits per heavy atom.